The lowest BCUT2D eigenvalue weighted by Crippen LogP contribution is -2.22. The van der Waals surface area contributed by atoms with Crippen LogP contribution in [0.1, 0.15) is 37.3 Å². The van der Waals surface area contributed by atoms with E-state index in [1.165, 1.54) is 37.4 Å². The lowest BCUT2D eigenvalue weighted by Gasteiger charge is -2.15. The van der Waals surface area contributed by atoms with Gasteiger partial charge in [0.15, 0.2) is 0 Å². The SMILES string of the molecule is C[Si](C)(C)CCOCn1ccc(C2CCCC2)n1. The molecule has 2 rings (SSSR count). The molecule has 0 amide bonds. The highest BCUT2D eigenvalue weighted by atomic mass is 28.3. The highest BCUT2D eigenvalue weighted by Crippen LogP contribution is 2.32. The summed E-state index contributed by atoms with van der Waals surface area (Å²) in [6.45, 7) is 8.61. The molecular formula is C14H26N2OSi. The second-order valence-corrected chi connectivity index (χ2v) is 12.2. The van der Waals surface area contributed by atoms with Crippen LogP contribution in [-0.2, 0) is 11.5 Å². The molecular weight excluding hydrogens is 240 g/mol. The van der Waals surface area contributed by atoms with E-state index in [9.17, 15) is 0 Å². The van der Waals surface area contributed by atoms with Crippen molar-refractivity contribution in [3.05, 3.63) is 18.0 Å². The maximum atomic E-state index is 5.71. The standard InChI is InChI=1S/C14H26N2OSi/c1-18(2,3)11-10-17-12-16-9-8-14(15-16)13-6-4-5-7-13/h8-9,13H,4-7,10-12H2,1-3H3. The largest absolute Gasteiger partial charge is 0.360 e. The Morgan fingerprint density at radius 1 is 1.33 bits per heavy atom. The van der Waals surface area contributed by atoms with E-state index in [1.807, 2.05) is 4.68 Å². The first-order valence-corrected chi connectivity index (χ1v) is 10.9. The van der Waals surface area contributed by atoms with Gasteiger partial charge in [0.25, 0.3) is 0 Å². The number of aromatic nitrogens is 2. The predicted octanol–water partition coefficient (Wildman–Crippen LogP) is 3.85. The van der Waals surface area contributed by atoms with Gasteiger partial charge in [-0.25, -0.2) is 4.68 Å². The van der Waals surface area contributed by atoms with Crippen molar-refractivity contribution in [3.8, 4) is 0 Å². The Kier molecular flexibility index (Phi) is 4.62. The van der Waals surface area contributed by atoms with Crippen molar-refractivity contribution in [1.29, 1.82) is 0 Å². The maximum absolute atomic E-state index is 5.71. The number of rotatable bonds is 6. The smallest absolute Gasteiger partial charge is 0.139 e. The maximum Gasteiger partial charge on any atom is 0.139 e. The van der Waals surface area contributed by atoms with E-state index >= 15 is 0 Å². The minimum absolute atomic E-state index is 0.608. The third kappa shape index (κ3) is 4.25. The molecule has 0 saturated heterocycles. The van der Waals surface area contributed by atoms with Crippen molar-refractivity contribution in [2.75, 3.05) is 6.61 Å². The van der Waals surface area contributed by atoms with E-state index in [0.717, 1.165) is 6.61 Å². The molecule has 0 unspecified atom stereocenters. The average molecular weight is 266 g/mol. The van der Waals surface area contributed by atoms with Crippen LogP contribution in [0.4, 0.5) is 0 Å². The monoisotopic (exact) mass is 266 g/mol. The fourth-order valence-corrected chi connectivity index (χ4v) is 3.18. The van der Waals surface area contributed by atoms with E-state index in [-0.39, 0.29) is 0 Å². The minimum atomic E-state index is -0.966. The summed E-state index contributed by atoms with van der Waals surface area (Å²) < 4.78 is 7.65. The first-order chi connectivity index (χ1) is 8.54. The molecule has 0 spiro atoms. The molecule has 1 saturated carbocycles. The molecule has 0 radical (unpaired) electrons. The van der Waals surface area contributed by atoms with Crippen molar-refractivity contribution < 1.29 is 4.74 Å². The van der Waals surface area contributed by atoms with Crippen LogP contribution in [0.2, 0.25) is 25.7 Å². The van der Waals surface area contributed by atoms with Gasteiger partial charge in [-0.3, -0.25) is 0 Å². The summed E-state index contributed by atoms with van der Waals surface area (Å²) in [5, 5.41) is 4.63. The van der Waals surface area contributed by atoms with Gasteiger partial charge in [-0.2, -0.15) is 5.10 Å². The summed E-state index contributed by atoms with van der Waals surface area (Å²) in [6, 6.07) is 3.39. The molecule has 1 aromatic rings. The summed E-state index contributed by atoms with van der Waals surface area (Å²) in [6.07, 6.45) is 7.41. The number of hydrogen-bond donors (Lipinski definition) is 0. The van der Waals surface area contributed by atoms with Gasteiger partial charge in [0.2, 0.25) is 0 Å². The van der Waals surface area contributed by atoms with Crippen LogP contribution < -0.4 is 0 Å². The molecule has 3 nitrogen and oxygen atoms in total. The fraction of sp³-hybridized carbons (Fsp3) is 0.786. The predicted molar refractivity (Wildman–Crippen MR) is 77.5 cm³/mol. The Hall–Kier alpha value is -0.613. The Morgan fingerprint density at radius 3 is 2.72 bits per heavy atom. The zero-order valence-corrected chi connectivity index (χ0v) is 13.0. The van der Waals surface area contributed by atoms with Crippen molar-refractivity contribution >= 4 is 8.07 Å². The molecule has 0 aliphatic heterocycles. The van der Waals surface area contributed by atoms with Crippen molar-refractivity contribution in [1.82, 2.24) is 9.78 Å². The topological polar surface area (TPSA) is 27.1 Å². The highest BCUT2D eigenvalue weighted by molar-refractivity contribution is 6.76. The van der Waals surface area contributed by atoms with Crippen LogP contribution in [0.15, 0.2) is 12.3 Å². The van der Waals surface area contributed by atoms with Crippen LogP contribution in [-0.4, -0.2) is 24.5 Å². The third-order valence-corrected chi connectivity index (χ3v) is 5.36. The average Bonchev–Trinajstić information content (AvgIpc) is 2.93. The summed E-state index contributed by atoms with van der Waals surface area (Å²) in [4.78, 5) is 0. The Bertz CT molecular complexity index is 364. The molecule has 1 aliphatic carbocycles. The van der Waals surface area contributed by atoms with Crippen molar-refractivity contribution in [3.63, 3.8) is 0 Å². The molecule has 102 valence electrons. The van der Waals surface area contributed by atoms with Crippen molar-refractivity contribution in [2.24, 2.45) is 0 Å². The highest BCUT2D eigenvalue weighted by Gasteiger charge is 2.19. The van der Waals surface area contributed by atoms with E-state index in [0.29, 0.717) is 12.6 Å². The molecule has 1 aromatic heterocycles. The normalized spacial score (nSPS) is 17.5. The van der Waals surface area contributed by atoms with Crippen LogP contribution in [0.3, 0.4) is 0 Å². The quantitative estimate of drug-likeness (QED) is 0.577. The van der Waals surface area contributed by atoms with Gasteiger partial charge in [-0.15, -0.1) is 0 Å². The minimum Gasteiger partial charge on any atom is -0.360 e. The third-order valence-electron chi connectivity index (χ3n) is 3.65. The second kappa shape index (κ2) is 6.02. The molecule has 0 atom stereocenters. The first-order valence-electron chi connectivity index (χ1n) is 7.16. The van der Waals surface area contributed by atoms with Gasteiger partial charge in [0.1, 0.15) is 6.73 Å². The van der Waals surface area contributed by atoms with Crippen LogP contribution in [0.5, 0.6) is 0 Å². The zero-order chi connectivity index (χ0) is 13.0. The number of ether oxygens (including phenoxy) is 1. The van der Waals surface area contributed by atoms with Gasteiger partial charge in [0, 0.05) is 26.8 Å². The Balaban J connectivity index is 1.73. The van der Waals surface area contributed by atoms with Crippen LogP contribution in [0, 0.1) is 0 Å². The van der Waals surface area contributed by atoms with Gasteiger partial charge >= 0.3 is 0 Å². The lowest BCUT2D eigenvalue weighted by molar-refractivity contribution is 0.0782. The lowest BCUT2D eigenvalue weighted by atomic mass is 10.1. The molecule has 4 heteroatoms. The Morgan fingerprint density at radius 2 is 2.06 bits per heavy atom. The van der Waals surface area contributed by atoms with Gasteiger partial charge < -0.3 is 4.74 Å². The van der Waals surface area contributed by atoms with Gasteiger partial charge in [-0.1, -0.05) is 32.5 Å². The Labute approximate surface area is 112 Å². The molecule has 1 fully saturated rings. The fourth-order valence-electron chi connectivity index (χ4n) is 2.43. The van der Waals surface area contributed by atoms with E-state index < -0.39 is 8.07 Å². The summed E-state index contributed by atoms with van der Waals surface area (Å²) >= 11 is 0. The molecule has 0 N–H and O–H groups in total. The zero-order valence-electron chi connectivity index (χ0n) is 12.0. The summed E-state index contributed by atoms with van der Waals surface area (Å²) in [5.41, 5.74) is 1.27. The molecule has 0 aromatic carbocycles. The summed E-state index contributed by atoms with van der Waals surface area (Å²) in [5.74, 6) is 0.702. The van der Waals surface area contributed by atoms with E-state index in [1.54, 1.807) is 0 Å². The number of hydrogen-bond acceptors (Lipinski definition) is 2. The van der Waals surface area contributed by atoms with Crippen LogP contribution >= 0.6 is 0 Å². The van der Waals surface area contributed by atoms with Crippen molar-refractivity contribution in [2.45, 2.75) is 64.0 Å². The van der Waals surface area contributed by atoms with Gasteiger partial charge in [0.05, 0.1) is 5.69 Å². The number of nitrogens with zero attached hydrogens (tertiary/aromatic N) is 2. The molecule has 1 heterocycles. The summed E-state index contributed by atoms with van der Waals surface area (Å²) in [7, 11) is -0.966. The van der Waals surface area contributed by atoms with Gasteiger partial charge in [-0.05, 0) is 25.0 Å². The second-order valence-electron chi connectivity index (χ2n) is 6.61. The van der Waals surface area contributed by atoms with Crippen LogP contribution in [0.25, 0.3) is 0 Å². The molecule has 1 aliphatic rings. The first kappa shape index (κ1) is 13.8. The molecule has 18 heavy (non-hydrogen) atoms. The van der Waals surface area contributed by atoms with E-state index in [2.05, 4.69) is 37.0 Å². The molecule has 0 bridgehead atoms. The van der Waals surface area contributed by atoms with E-state index in [4.69, 9.17) is 4.74 Å².